The Morgan fingerprint density at radius 1 is 1.15 bits per heavy atom. The first-order valence-electron chi connectivity index (χ1n) is 8.37. The van der Waals surface area contributed by atoms with Gasteiger partial charge < -0.3 is 9.30 Å². The van der Waals surface area contributed by atoms with E-state index in [0.29, 0.717) is 11.3 Å². The molecule has 0 unspecified atom stereocenters. The number of ether oxygens (including phenoxy) is 1. The van der Waals surface area contributed by atoms with E-state index in [1.807, 2.05) is 24.3 Å². The van der Waals surface area contributed by atoms with Gasteiger partial charge in [-0.2, -0.15) is 0 Å². The highest BCUT2D eigenvalue weighted by molar-refractivity contribution is 7.99. The topological polar surface area (TPSA) is 69.9 Å². The summed E-state index contributed by atoms with van der Waals surface area (Å²) in [7, 11) is 1.57. The minimum Gasteiger partial charge on any atom is -0.496 e. The average Bonchev–Trinajstić information content (AvgIpc) is 3.09. The third kappa shape index (κ3) is 3.94. The van der Waals surface area contributed by atoms with E-state index in [-0.39, 0.29) is 11.5 Å². The molecule has 0 atom stereocenters. The van der Waals surface area contributed by atoms with Gasteiger partial charge in [-0.15, -0.1) is 10.2 Å². The Morgan fingerprint density at radius 3 is 2.65 bits per heavy atom. The number of pyridine rings is 1. The van der Waals surface area contributed by atoms with E-state index in [4.69, 9.17) is 4.74 Å². The lowest BCUT2D eigenvalue weighted by molar-refractivity contribution is 0.101. The van der Waals surface area contributed by atoms with Crippen LogP contribution in [0.5, 0.6) is 5.75 Å². The molecule has 3 rings (SSSR count). The van der Waals surface area contributed by atoms with E-state index >= 15 is 0 Å². The number of hydrogen-bond acceptors (Lipinski definition) is 6. The molecule has 3 aromatic rings. The standard InChI is InChI=1S/C19H20N4O2S/c1-3-12-23-18(14-8-10-20-11-9-14)21-22-19(23)26-13-16(24)15-6-4-5-7-17(15)25-2/h4-11H,3,12-13H2,1-2H3. The minimum absolute atomic E-state index is 0.00367. The highest BCUT2D eigenvalue weighted by Crippen LogP contribution is 2.26. The quantitative estimate of drug-likeness (QED) is 0.446. The monoisotopic (exact) mass is 368 g/mol. The van der Waals surface area contributed by atoms with Gasteiger partial charge in [0.05, 0.1) is 18.4 Å². The molecule has 0 saturated carbocycles. The summed E-state index contributed by atoms with van der Waals surface area (Å²) < 4.78 is 7.32. The number of nitrogens with zero attached hydrogens (tertiary/aromatic N) is 4. The van der Waals surface area contributed by atoms with Crippen LogP contribution in [0.25, 0.3) is 11.4 Å². The molecule has 0 aliphatic rings. The van der Waals surface area contributed by atoms with Crippen molar-refractivity contribution in [3.63, 3.8) is 0 Å². The summed E-state index contributed by atoms with van der Waals surface area (Å²) in [5.41, 5.74) is 1.54. The van der Waals surface area contributed by atoms with Gasteiger partial charge >= 0.3 is 0 Å². The maximum absolute atomic E-state index is 12.6. The molecule has 0 fully saturated rings. The fraction of sp³-hybridized carbons (Fsp3) is 0.263. The van der Waals surface area contributed by atoms with Gasteiger partial charge in [-0.1, -0.05) is 30.8 Å². The number of aromatic nitrogens is 4. The number of ketones is 1. The largest absolute Gasteiger partial charge is 0.496 e. The van der Waals surface area contributed by atoms with Crippen molar-refractivity contribution < 1.29 is 9.53 Å². The maximum Gasteiger partial charge on any atom is 0.191 e. The maximum atomic E-state index is 12.6. The number of benzene rings is 1. The molecule has 0 aliphatic heterocycles. The Balaban J connectivity index is 1.80. The molecule has 134 valence electrons. The number of thioether (sulfide) groups is 1. The summed E-state index contributed by atoms with van der Waals surface area (Å²) in [6, 6.07) is 11.1. The smallest absolute Gasteiger partial charge is 0.191 e. The van der Waals surface area contributed by atoms with Gasteiger partial charge in [0.25, 0.3) is 0 Å². The summed E-state index contributed by atoms with van der Waals surface area (Å²) in [5.74, 6) is 1.66. The summed E-state index contributed by atoms with van der Waals surface area (Å²) in [6.45, 7) is 2.89. The molecule has 0 saturated heterocycles. The third-order valence-corrected chi connectivity index (χ3v) is 4.81. The van der Waals surface area contributed by atoms with Crippen molar-refractivity contribution in [2.75, 3.05) is 12.9 Å². The molecule has 0 N–H and O–H groups in total. The van der Waals surface area contributed by atoms with Crippen LogP contribution in [-0.2, 0) is 6.54 Å². The predicted molar refractivity (Wildman–Crippen MR) is 102 cm³/mol. The lowest BCUT2D eigenvalue weighted by atomic mass is 10.1. The lowest BCUT2D eigenvalue weighted by Gasteiger charge is -2.09. The van der Waals surface area contributed by atoms with E-state index in [2.05, 4.69) is 26.7 Å². The predicted octanol–water partition coefficient (Wildman–Crippen LogP) is 3.73. The second-order valence-electron chi connectivity index (χ2n) is 5.61. The Hall–Kier alpha value is -2.67. The van der Waals surface area contributed by atoms with Crippen LogP contribution in [0.2, 0.25) is 0 Å². The van der Waals surface area contributed by atoms with Crippen LogP contribution in [0.1, 0.15) is 23.7 Å². The normalized spacial score (nSPS) is 10.7. The highest BCUT2D eigenvalue weighted by Gasteiger charge is 2.17. The van der Waals surface area contributed by atoms with Gasteiger partial charge in [-0.25, -0.2) is 0 Å². The molecule has 1 aromatic carbocycles. The molecule has 0 radical (unpaired) electrons. The first-order valence-corrected chi connectivity index (χ1v) is 9.35. The second-order valence-corrected chi connectivity index (χ2v) is 6.55. The van der Waals surface area contributed by atoms with Crippen LogP contribution in [0.3, 0.4) is 0 Å². The number of para-hydroxylation sites is 1. The van der Waals surface area contributed by atoms with Crippen molar-refractivity contribution in [1.82, 2.24) is 19.7 Å². The molecular weight excluding hydrogens is 348 g/mol. The minimum atomic E-state index is 0.00367. The Labute approximate surface area is 156 Å². The van der Waals surface area contributed by atoms with Crippen LogP contribution < -0.4 is 4.74 Å². The molecule has 0 amide bonds. The van der Waals surface area contributed by atoms with Gasteiger partial charge in [0.2, 0.25) is 0 Å². The molecule has 0 bridgehead atoms. The fourth-order valence-corrected chi connectivity index (χ4v) is 3.47. The van der Waals surface area contributed by atoms with Crippen molar-refractivity contribution in [1.29, 1.82) is 0 Å². The number of Topliss-reactive ketones (excluding diaryl/α,β-unsaturated/α-hetero) is 1. The van der Waals surface area contributed by atoms with E-state index < -0.39 is 0 Å². The van der Waals surface area contributed by atoms with E-state index in [1.54, 1.807) is 31.6 Å². The molecule has 0 aliphatic carbocycles. The zero-order valence-corrected chi connectivity index (χ0v) is 15.6. The van der Waals surface area contributed by atoms with Gasteiger partial charge in [-0.05, 0) is 30.7 Å². The van der Waals surface area contributed by atoms with Crippen molar-refractivity contribution >= 4 is 17.5 Å². The molecule has 2 aromatic heterocycles. The summed E-state index contributed by atoms with van der Waals surface area (Å²) >= 11 is 1.39. The van der Waals surface area contributed by atoms with E-state index in [0.717, 1.165) is 29.5 Å². The Bertz CT molecular complexity index is 880. The third-order valence-electron chi connectivity index (χ3n) is 3.84. The number of carbonyl (C=O) groups is 1. The Morgan fingerprint density at radius 2 is 1.92 bits per heavy atom. The van der Waals surface area contributed by atoms with Crippen LogP contribution >= 0.6 is 11.8 Å². The highest BCUT2D eigenvalue weighted by atomic mass is 32.2. The summed E-state index contributed by atoms with van der Waals surface area (Å²) in [4.78, 5) is 16.6. The molecule has 6 nitrogen and oxygen atoms in total. The Kier molecular flexibility index (Phi) is 6.01. The first-order chi connectivity index (χ1) is 12.7. The molecule has 7 heteroatoms. The van der Waals surface area contributed by atoms with Crippen LogP contribution in [0.15, 0.2) is 53.9 Å². The van der Waals surface area contributed by atoms with Crippen molar-refractivity contribution in [2.45, 2.75) is 25.0 Å². The van der Waals surface area contributed by atoms with Gasteiger partial charge in [-0.3, -0.25) is 9.78 Å². The summed E-state index contributed by atoms with van der Waals surface area (Å²) in [6.07, 6.45) is 4.42. The number of hydrogen-bond donors (Lipinski definition) is 0. The van der Waals surface area contributed by atoms with Gasteiger partial charge in [0, 0.05) is 24.5 Å². The van der Waals surface area contributed by atoms with E-state index in [1.165, 1.54) is 11.8 Å². The molecule has 2 heterocycles. The SMILES string of the molecule is CCCn1c(SCC(=O)c2ccccc2OC)nnc1-c1ccncc1. The molecular formula is C19H20N4O2S. The second kappa shape index (κ2) is 8.62. The average molecular weight is 368 g/mol. The van der Waals surface area contributed by atoms with E-state index in [9.17, 15) is 4.79 Å². The number of carbonyl (C=O) groups excluding carboxylic acids is 1. The zero-order valence-electron chi connectivity index (χ0n) is 14.8. The van der Waals surface area contributed by atoms with Crippen LogP contribution in [-0.4, -0.2) is 38.4 Å². The van der Waals surface area contributed by atoms with Crippen LogP contribution in [0.4, 0.5) is 0 Å². The van der Waals surface area contributed by atoms with Crippen molar-refractivity contribution in [3.8, 4) is 17.1 Å². The molecule has 0 spiro atoms. The molecule has 26 heavy (non-hydrogen) atoms. The number of rotatable bonds is 8. The van der Waals surface area contributed by atoms with Crippen molar-refractivity contribution in [2.24, 2.45) is 0 Å². The zero-order chi connectivity index (χ0) is 18.4. The fourth-order valence-electron chi connectivity index (χ4n) is 2.62. The lowest BCUT2D eigenvalue weighted by Crippen LogP contribution is -2.07. The van der Waals surface area contributed by atoms with Crippen molar-refractivity contribution in [3.05, 3.63) is 54.4 Å². The van der Waals surface area contributed by atoms with Gasteiger partial charge in [0.1, 0.15) is 5.75 Å². The van der Waals surface area contributed by atoms with Gasteiger partial charge in [0.15, 0.2) is 16.8 Å². The van der Waals surface area contributed by atoms with Crippen LogP contribution in [0, 0.1) is 0 Å². The summed E-state index contributed by atoms with van der Waals surface area (Å²) in [5, 5.41) is 9.35. The first kappa shape index (κ1) is 18.1. The number of methoxy groups -OCH3 is 1.